The SMILES string of the molecule is Nc1cccc(C(=O)NC(CO)(CO)CO)c1O. The van der Waals surface area contributed by atoms with E-state index in [-0.39, 0.29) is 11.3 Å². The van der Waals surface area contributed by atoms with Crippen molar-refractivity contribution in [1.82, 2.24) is 5.32 Å². The Hall–Kier alpha value is -1.83. The number of phenolic OH excluding ortho intramolecular Hbond substituents is 1. The number of carbonyl (C=O) groups excluding carboxylic acids is 1. The molecule has 0 fully saturated rings. The highest BCUT2D eigenvalue weighted by Crippen LogP contribution is 2.24. The molecule has 0 aliphatic rings. The maximum atomic E-state index is 11.9. The molecule has 1 aromatic carbocycles. The van der Waals surface area contributed by atoms with Crippen molar-refractivity contribution in [1.29, 1.82) is 0 Å². The second-order valence-corrected chi connectivity index (χ2v) is 3.95. The topological polar surface area (TPSA) is 136 Å². The van der Waals surface area contributed by atoms with Crippen molar-refractivity contribution in [3.05, 3.63) is 23.8 Å². The van der Waals surface area contributed by atoms with Gasteiger partial charge in [0, 0.05) is 0 Å². The van der Waals surface area contributed by atoms with Gasteiger partial charge in [0.25, 0.3) is 5.91 Å². The zero-order valence-corrected chi connectivity index (χ0v) is 9.63. The van der Waals surface area contributed by atoms with Crippen molar-refractivity contribution < 1.29 is 25.2 Å². The first-order valence-electron chi connectivity index (χ1n) is 5.22. The number of nitrogen functional groups attached to an aromatic ring is 1. The van der Waals surface area contributed by atoms with Crippen LogP contribution in [0.5, 0.6) is 5.75 Å². The second kappa shape index (κ2) is 5.67. The molecule has 0 heterocycles. The molecule has 100 valence electrons. The minimum Gasteiger partial charge on any atom is -0.505 e. The molecule has 0 aliphatic heterocycles. The van der Waals surface area contributed by atoms with Crippen molar-refractivity contribution in [2.24, 2.45) is 0 Å². The summed E-state index contributed by atoms with van der Waals surface area (Å²) in [6.45, 7) is -1.93. The molecular formula is C11H16N2O5. The molecule has 0 unspecified atom stereocenters. The lowest BCUT2D eigenvalue weighted by atomic mass is 10.0. The molecule has 0 saturated heterocycles. The lowest BCUT2D eigenvalue weighted by Crippen LogP contribution is -2.57. The predicted molar refractivity (Wildman–Crippen MR) is 64.0 cm³/mol. The Bertz CT molecular complexity index is 423. The van der Waals surface area contributed by atoms with Crippen LogP contribution in [0, 0.1) is 0 Å². The molecule has 7 nitrogen and oxygen atoms in total. The Balaban J connectivity index is 2.98. The molecule has 18 heavy (non-hydrogen) atoms. The minimum atomic E-state index is -1.55. The van der Waals surface area contributed by atoms with Crippen molar-refractivity contribution in [3.8, 4) is 5.75 Å². The van der Waals surface area contributed by atoms with E-state index in [1.54, 1.807) is 0 Å². The fourth-order valence-corrected chi connectivity index (χ4v) is 1.32. The standard InChI is InChI=1S/C11H16N2O5/c12-8-3-1-2-7(9(8)17)10(18)13-11(4-14,5-15)6-16/h1-3,14-17H,4-6,12H2,(H,13,18). The molecule has 1 aromatic rings. The average molecular weight is 256 g/mol. The molecule has 0 spiro atoms. The Morgan fingerprint density at radius 1 is 1.22 bits per heavy atom. The van der Waals surface area contributed by atoms with Crippen LogP contribution >= 0.6 is 0 Å². The van der Waals surface area contributed by atoms with Crippen LogP contribution < -0.4 is 11.1 Å². The van der Waals surface area contributed by atoms with Gasteiger partial charge in [0.05, 0.1) is 31.1 Å². The molecule has 1 rings (SSSR count). The average Bonchev–Trinajstić information content (AvgIpc) is 2.39. The first-order valence-corrected chi connectivity index (χ1v) is 5.22. The summed E-state index contributed by atoms with van der Waals surface area (Å²) in [6.07, 6.45) is 0. The number of hydrogen-bond acceptors (Lipinski definition) is 6. The second-order valence-electron chi connectivity index (χ2n) is 3.95. The quantitative estimate of drug-likeness (QED) is 0.278. The third-order valence-corrected chi connectivity index (χ3v) is 2.60. The number of aromatic hydroxyl groups is 1. The van der Waals surface area contributed by atoms with Crippen LogP contribution in [0.2, 0.25) is 0 Å². The fourth-order valence-electron chi connectivity index (χ4n) is 1.32. The van der Waals surface area contributed by atoms with Crippen molar-refractivity contribution in [2.45, 2.75) is 5.54 Å². The van der Waals surface area contributed by atoms with Gasteiger partial charge >= 0.3 is 0 Å². The summed E-state index contributed by atoms with van der Waals surface area (Å²) in [7, 11) is 0. The van der Waals surface area contributed by atoms with Gasteiger partial charge in [0.1, 0.15) is 5.54 Å². The number of rotatable bonds is 5. The summed E-state index contributed by atoms with van der Waals surface area (Å²) >= 11 is 0. The van der Waals surface area contributed by atoms with Crippen LogP contribution in [0.15, 0.2) is 18.2 Å². The summed E-state index contributed by atoms with van der Waals surface area (Å²) in [5, 5.41) is 39.1. The van der Waals surface area contributed by atoms with E-state index in [4.69, 9.17) is 21.1 Å². The van der Waals surface area contributed by atoms with E-state index in [0.717, 1.165) is 0 Å². The number of aliphatic hydroxyl groups is 3. The smallest absolute Gasteiger partial charge is 0.255 e. The predicted octanol–water partition coefficient (Wildman–Crippen LogP) is -1.58. The summed E-state index contributed by atoms with van der Waals surface area (Å²) < 4.78 is 0. The molecule has 0 aliphatic carbocycles. The Kier molecular flexibility index (Phi) is 4.49. The summed E-state index contributed by atoms with van der Waals surface area (Å²) in [4.78, 5) is 11.9. The van der Waals surface area contributed by atoms with Crippen LogP contribution in [0.25, 0.3) is 0 Å². The zero-order chi connectivity index (χ0) is 13.8. The van der Waals surface area contributed by atoms with Gasteiger partial charge in [0.15, 0.2) is 5.75 Å². The summed E-state index contributed by atoms with van der Waals surface area (Å²) in [5.41, 5.74) is 3.82. The highest BCUT2D eigenvalue weighted by atomic mass is 16.3. The third-order valence-electron chi connectivity index (χ3n) is 2.60. The van der Waals surface area contributed by atoms with Crippen LogP contribution in [-0.4, -0.2) is 51.7 Å². The number of aliphatic hydroxyl groups excluding tert-OH is 3. The maximum absolute atomic E-state index is 11.9. The number of nitrogens with two attached hydrogens (primary N) is 1. The van der Waals surface area contributed by atoms with E-state index in [1.165, 1.54) is 18.2 Å². The van der Waals surface area contributed by atoms with Gasteiger partial charge < -0.3 is 31.5 Å². The number of benzene rings is 1. The van der Waals surface area contributed by atoms with E-state index in [2.05, 4.69) is 5.32 Å². The maximum Gasteiger partial charge on any atom is 0.255 e. The van der Waals surface area contributed by atoms with E-state index < -0.39 is 37.0 Å². The molecule has 0 atom stereocenters. The lowest BCUT2D eigenvalue weighted by Gasteiger charge is -2.28. The van der Waals surface area contributed by atoms with E-state index >= 15 is 0 Å². The van der Waals surface area contributed by atoms with Gasteiger partial charge in [-0.25, -0.2) is 0 Å². The Morgan fingerprint density at radius 3 is 2.28 bits per heavy atom. The number of anilines is 1. The minimum absolute atomic E-state index is 0.0326. The molecule has 0 saturated carbocycles. The number of para-hydroxylation sites is 1. The van der Waals surface area contributed by atoms with Gasteiger partial charge in [-0.15, -0.1) is 0 Å². The van der Waals surface area contributed by atoms with Crippen LogP contribution in [0.4, 0.5) is 5.69 Å². The molecule has 0 radical (unpaired) electrons. The lowest BCUT2D eigenvalue weighted by molar-refractivity contribution is 0.0374. The number of hydrogen-bond donors (Lipinski definition) is 6. The number of nitrogens with one attached hydrogen (secondary N) is 1. The largest absolute Gasteiger partial charge is 0.505 e. The van der Waals surface area contributed by atoms with E-state index in [1.807, 2.05) is 0 Å². The van der Waals surface area contributed by atoms with E-state index in [0.29, 0.717) is 0 Å². The highest BCUT2D eigenvalue weighted by molar-refractivity contribution is 5.98. The normalized spacial score (nSPS) is 11.3. The Labute approximate surface area is 103 Å². The van der Waals surface area contributed by atoms with Gasteiger partial charge in [-0.1, -0.05) is 6.07 Å². The summed E-state index contributed by atoms with van der Waals surface area (Å²) in [5.74, 6) is -1.14. The van der Waals surface area contributed by atoms with Gasteiger partial charge in [-0.2, -0.15) is 0 Å². The molecule has 0 bridgehead atoms. The van der Waals surface area contributed by atoms with Crippen molar-refractivity contribution in [2.75, 3.05) is 25.6 Å². The van der Waals surface area contributed by atoms with Gasteiger partial charge in [-0.3, -0.25) is 4.79 Å². The van der Waals surface area contributed by atoms with Crippen LogP contribution in [-0.2, 0) is 0 Å². The molecular weight excluding hydrogens is 240 g/mol. The van der Waals surface area contributed by atoms with E-state index in [9.17, 15) is 9.90 Å². The first kappa shape index (κ1) is 14.2. The van der Waals surface area contributed by atoms with Gasteiger partial charge in [-0.05, 0) is 12.1 Å². The number of amides is 1. The molecule has 1 amide bonds. The molecule has 7 heteroatoms. The van der Waals surface area contributed by atoms with Crippen LogP contribution in [0.1, 0.15) is 10.4 Å². The Morgan fingerprint density at radius 2 is 1.78 bits per heavy atom. The zero-order valence-electron chi connectivity index (χ0n) is 9.63. The fraction of sp³-hybridized carbons (Fsp3) is 0.364. The first-order chi connectivity index (χ1) is 8.49. The monoisotopic (exact) mass is 256 g/mol. The van der Waals surface area contributed by atoms with Gasteiger partial charge in [0.2, 0.25) is 0 Å². The highest BCUT2D eigenvalue weighted by Gasteiger charge is 2.31. The molecule has 7 N–H and O–H groups in total. The number of carbonyl (C=O) groups is 1. The van der Waals surface area contributed by atoms with Crippen LogP contribution in [0.3, 0.4) is 0 Å². The van der Waals surface area contributed by atoms with Crippen molar-refractivity contribution >= 4 is 11.6 Å². The van der Waals surface area contributed by atoms with Crippen molar-refractivity contribution in [3.63, 3.8) is 0 Å². The molecule has 0 aromatic heterocycles. The third kappa shape index (κ3) is 2.70. The summed E-state index contributed by atoms with van der Waals surface area (Å²) in [6, 6.07) is 4.23. The number of phenols is 1.